The van der Waals surface area contributed by atoms with Crippen molar-refractivity contribution in [1.82, 2.24) is 24.8 Å². The lowest BCUT2D eigenvalue weighted by Gasteiger charge is -2.43. The van der Waals surface area contributed by atoms with E-state index in [9.17, 15) is 0 Å². The smallest absolute Gasteiger partial charge is 0.225 e. The van der Waals surface area contributed by atoms with Gasteiger partial charge in [-0.1, -0.05) is 0 Å². The maximum atomic E-state index is 5.02. The highest BCUT2D eigenvalue weighted by molar-refractivity contribution is 5.36. The second kappa shape index (κ2) is 5.84. The lowest BCUT2D eigenvalue weighted by atomic mass is 9.73. The second-order valence-corrected chi connectivity index (χ2v) is 7.34. The van der Waals surface area contributed by atoms with E-state index >= 15 is 0 Å². The topological polar surface area (TPSA) is 58.9 Å². The number of aryl methyl sites for hydroxylation is 1. The van der Waals surface area contributed by atoms with Crippen molar-refractivity contribution >= 4 is 5.95 Å². The average molecular weight is 326 g/mol. The van der Waals surface area contributed by atoms with Crippen LogP contribution in [0, 0.1) is 6.92 Å². The number of fused-ring (bicyclic) bond motifs is 2. The van der Waals surface area contributed by atoms with Crippen LogP contribution in [0.2, 0.25) is 0 Å². The molecule has 1 saturated heterocycles. The highest BCUT2D eigenvalue weighted by atomic mass is 15.3. The third kappa shape index (κ3) is 2.40. The predicted octanol–water partition coefficient (Wildman–Crippen LogP) is 2.20. The third-order valence-electron chi connectivity index (χ3n) is 5.52. The summed E-state index contributed by atoms with van der Waals surface area (Å²) in [5.41, 5.74) is 2.88. The first kappa shape index (κ1) is 15.6. The number of aromatic nitrogens is 4. The zero-order chi connectivity index (χ0) is 16.7. The van der Waals surface area contributed by atoms with Gasteiger partial charge in [0.1, 0.15) is 5.82 Å². The molecule has 4 rings (SSSR count). The normalized spacial score (nSPS) is 19.8. The molecular formula is C18H26N6. The van der Waals surface area contributed by atoms with Gasteiger partial charge < -0.3 is 14.8 Å². The molecule has 6 heteroatoms. The van der Waals surface area contributed by atoms with Crippen LogP contribution in [0.5, 0.6) is 0 Å². The van der Waals surface area contributed by atoms with E-state index < -0.39 is 0 Å². The molecular weight excluding hydrogens is 300 g/mol. The Balaban J connectivity index is 1.62. The Hall–Kier alpha value is -1.95. The molecule has 0 atom stereocenters. The molecule has 0 amide bonds. The minimum absolute atomic E-state index is 0.157. The van der Waals surface area contributed by atoms with Crippen molar-refractivity contribution < 1.29 is 0 Å². The number of anilines is 1. The van der Waals surface area contributed by atoms with E-state index in [4.69, 9.17) is 4.98 Å². The Morgan fingerprint density at radius 2 is 1.88 bits per heavy atom. The van der Waals surface area contributed by atoms with E-state index in [1.165, 1.54) is 11.4 Å². The number of imidazole rings is 1. The lowest BCUT2D eigenvalue weighted by molar-refractivity contribution is 0.283. The largest absolute Gasteiger partial charge is 0.341 e. The van der Waals surface area contributed by atoms with Gasteiger partial charge in [0.05, 0.1) is 11.4 Å². The monoisotopic (exact) mass is 326 g/mol. The third-order valence-corrected chi connectivity index (χ3v) is 5.52. The molecule has 0 unspecified atom stereocenters. The van der Waals surface area contributed by atoms with E-state index in [2.05, 4.69) is 45.5 Å². The Labute approximate surface area is 143 Å². The molecule has 0 aliphatic carbocycles. The van der Waals surface area contributed by atoms with Gasteiger partial charge in [-0.25, -0.2) is 15.0 Å². The standard InChI is InChI=1S/C18H26N6/c1-13(2)24-14(3)22-16-15(24)11-19-12-18(16)5-9-23(10-6-18)17-20-7-4-8-21-17/h4,7-8,13,19H,5-6,9-12H2,1-3H3. The van der Waals surface area contributed by atoms with Crippen molar-refractivity contribution in [2.24, 2.45) is 0 Å². The molecule has 2 aliphatic rings. The van der Waals surface area contributed by atoms with E-state index in [0.717, 1.165) is 50.8 Å². The summed E-state index contributed by atoms with van der Waals surface area (Å²) in [5.74, 6) is 1.99. The number of hydrogen-bond donors (Lipinski definition) is 1. The van der Waals surface area contributed by atoms with Crippen molar-refractivity contribution in [2.45, 2.75) is 51.6 Å². The van der Waals surface area contributed by atoms with Crippen LogP contribution in [-0.4, -0.2) is 39.2 Å². The van der Waals surface area contributed by atoms with Crippen LogP contribution < -0.4 is 10.2 Å². The maximum Gasteiger partial charge on any atom is 0.225 e. The van der Waals surface area contributed by atoms with Gasteiger partial charge in [0.15, 0.2) is 0 Å². The van der Waals surface area contributed by atoms with Crippen molar-refractivity contribution in [3.05, 3.63) is 35.7 Å². The van der Waals surface area contributed by atoms with Crippen molar-refractivity contribution in [3.63, 3.8) is 0 Å². The number of piperidine rings is 1. The van der Waals surface area contributed by atoms with Crippen LogP contribution in [0.25, 0.3) is 0 Å². The first-order valence-electron chi connectivity index (χ1n) is 8.91. The van der Waals surface area contributed by atoms with E-state index in [0.29, 0.717) is 6.04 Å². The fourth-order valence-electron chi connectivity index (χ4n) is 4.38. The molecule has 128 valence electrons. The first-order chi connectivity index (χ1) is 11.6. The summed E-state index contributed by atoms with van der Waals surface area (Å²) < 4.78 is 2.40. The molecule has 6 nitrogen and oxygen atoms in total. The summed E-state index contributed by atoms with van der Waals surface area (Å²) in [5, 5.41) is 3.65. The molecule has 0 radical (unpaired) electrons. The van der Waals surface area contributed by atoms with Crippen LogP contribution in [-0.2, 0) is 12.0 Å². The maximum absolute atomic E-state index is 5.02. The second-order valence-electron chi connectivity index (χ2n) is 7.34. The Morgan fingerprint density at radius 3 is 2.54 bits per heavy atom. The van der Waals surface area contributed by atoms with Gasteiger partial charge in [0.25, 0.3) is 0 Å². The molecule has 2 aliphatic heterocycles. The average Bonchev–Trinajstić information content (AvgIpc) is 2.94. The summed E-state index contributed by atoms with van der Waals surface area (Å²) in [6.45, 7) is 10.5. The van der Waals surface area contributed by atoms with Gasteiger partial charge in [-0.2, -0.15) is 0 Å². The van der Waals surface area contributed by atoms with E-state index in [-0.39, 0.29) is 5.41 Å². The van der Waals surface area contributed by atoms with Gasteiger partial charge in [0, 0.05) is 50.0 Å². The highest BCUT2D eigenvalue weighted by Crippen LogP contribution is 2.40. The van der Waals surface area contributed by atoms with Crippen LogP contribution in [0.1, 0.15) is 49.9 Å². The Bertz CT molecular complexity index is 713. The van der Waals surface area contributed by atoms with Crippen LogP contribution in [0.3, 0.4) is 0 Å². The lowest BCUT2D eigenvalue weighted by Crippen LogP contribution is -2.51. The van der Waals surface area contributed by atoms with Gasteiger partial charge in [-0.05, 0) is 39.7 Å². The van der Waals surface area contributed by atoms with Gasteiger partial charge in [-0.3, -0.25) is 0 Å². The summed E-state index contributed by atoms with van der Waals surface area (Å²) >= 11 is 0. The molecule has 2 aromatic rings. The fraction of sp³-hybridized carbons (Fsp3) is 0.611. The molecule has 0 aromatic carbocycles. The summed E-state index contributed by atoms with van der Waals surface area (Å²) in [7, 11) is 0. The van der Waals surface area contributed by atoms with Crippen LogP contribution in [0.15, 0.2) is 18.5 Å². The molecule has 1 N–H and O–H groups in total. The summed E-state index contributed by atoms with van der Waals surface area (Å²) in [6, 6.07) is 2.32. The number of rotatable bonds is 2. The Kier molecular flexibility index (Phi) is 3.79. The zero-order valence-electron chi connectivity index (χ0n) is 14.8. The van der Waals surface area contributed by atoms with Crippen LogP contribution in [0.4, 0.5) is 5.95 Å². The van der Waals surface area contributed by atoms with Crippen molar-refractivity contribution in [1.29, 1.82) is 0 Å². The summed E-state index contributed by atoms with van der Waals surface area (Å²) in [4.78, 5) is 16.1. The predicted molar refractivity (Wildman–Crippen MR) is 94.2 cm³/mol. The van der Waals surface area contributed by atoms with Gasteiger partial charge in [-0.15, -0.1) is 0 Å². The minimum Gasteiger partial charge on any atom is -0.341 e. The fourth-order valence-corrected chi connectivity index (χ4v) is 4.38. The zero-order valence-corrected chi connectivity index (χ0v) is 14.8. The number of nitrogens with one attached hydrogen (secondary N) is 1. The first-order valence-corrected chi connectivity index (χ1v) is 8.91. The van der Waals surface area contributed by atoms with Crippen LogP contribution >= 0.6 is 0 Å². The quantitative estimate of drug-likeness (QED) is 0.917. The highest BCUT2D eigenvalue weighted by Gasteiger charge is 2.43. The number of hydrogen-bond acceptors (Lipinski definition) is 5. The molecule has 0 saturated carbocycles. The molecule has 1 fully saturated rings. The number of nitrogens with zero attached hydrogens (tertiary/aromatic N) is 5. The SMILES string of the molecule is Cc1nc2c(n1C(C)C)CNCC21CCN(c2ncccn2)CC1. The van der Waals surface area contributed by atoms with Gasteiger partial charge >= 0.3 is 0 Å². The molecule has 4 heterocycles. The molecule has 24 heavy (non-hydrogen) atoms. The van der Waals surface area contributed by atoms with Crippen molar-refractivity contribution in [2.75, 3.05) is 24.5 Å². The summed E-state index contributed by atoms with van der Waals surface area (Å²) in [6.07, 6.45) is 5.83. The molecule has 2 aromatic heterocycles. The Morgan fingerprint density at radius 1 is 1.17 bits per heavy atom. The van der Waals surface area contributed by atoms with E-state index in [1.54, 1.807) is 0 Å². The molecule has 0 bridgehead atoms. The minimum atomic E-state index is 0.157. The van der Waals surface area contributed by atoms with E-state index in [1.807, 2.05) is 18.5 Å². The van der Waals surface area contributed by atoms with Crippen molar-refractivity contribution in [3.8, 4) is 0 Å². The molecule has 1 spiro atoms. The van der Waals surface area contributed by atoms with Gasteiger partial charge in [0.2, 0.25) is 5.95 Å².